The van der Waals surface area contributed by atoms with Gasteiger partial charge >= 0.3 is 0 Å². The predicted octanol–water partition coefficient (Wildman–Crippen LogP) is 1.25. The molecule has 1 aromatic heterocycles. The molecule has 1 aromatic carbocycles. The maximum Gasteiger partial charge on any atom is 0.124 e. The van der Waals surface area contributed by atoms with Crippen LogP contribution in [0.1, 0.15) is 29.8 Å². The van der Waals surface area contributed by atoms with E-state index < -0.39 is 6.04 Å². The van der Waals surface area contributed by atoms with Gasteiger partial charge in [0.05, 0.1) is 37.3 Å². The number of ether oxygens (including phenoxy) is 1. The van der Waals surface area contributed by atoms with E-state index in [9.17, 15) is 5.11 Å². The molecule has 0 bridgehead atoms. The quantitative estimate of drug-likeness (QED) is 0.870. The highest BCUT2D eigenvalue weighted by molar-refractivity contribution is 5.38. The molecule has 0 radical (unpaired) electrons. The molecule has 100 valence electrons. The Morgan fingerprint density at radius 3 is 3.16 bits per heavy atom. The summed E-state index contributed by atoms with van der Waals surface area (Å²) < 4.78 is 7.71. The lowest BCUT2D eigenvalue weighted by atomic mass is 10.00. The molecule has 0 spiro atoms. The third-order valence-electron chi connectivity index (χ3n) is 3.54. The van der Waals surface area contributed by atoms with Crippen LogP contribution >= 0.6 is 0 Å². The van der Waals surface area contributed by atoms with Gasteiger partial charge in [-0.3, -0.25) is 0 Å². The molecular weight excluding hydrogens is 242 g/mol. The van der Waals surface area contributed by atoms with Crippen LogP contribution in [-0.2, 0) is 0 Å². The zero-order valence-electron chi connectivity index (χ0n) is 10.6. The number of fused-ring (bicyclic) bond motifs is 1. The van der Waals surface area contributed by atoms with Crippen LogP contribution in [0, 0.1) is 0 Å². The molecule has 0 saturated heterocycles. The lowest BCUT2D eigenvalue weighted by Gasteiger charge is -2.28. The van der Waals surface area contributed by atoms with Crippen molar-refractivity contribution in [2.24, 2.45) is 5.73 Å². The number of aromatic nitrogens is 2. The minimum atomic E-state index is -0.405. The molecule has 2 unspecified atom stereocenters. The van der Waals surface area contributed by atoms with Crippen molar-refractivity contribution in [3.63, 3.8) is 0 Å². The SMILES string of the molecule is NC(CO)c1cncn1C1CCOc2ccccc21. The zero-order chi connectivity index (χ0) is 13.2. The Kier molecular flexibility index (Phi) is 3.23. The van der Waals surface area contributed by atoms with E-state index in [-0.39, 0.29) is 12.6 Å². The zero-order valence-corrected chi connectivity index (χ0v) is 10.6. The van der Waals surface area contributed by atoms with Crippen molar-refractivity contribution in [3.8, 4) is 5.75 Å². The van der Waals surface area contributed by atoms with Gasteiger partial charge in [0, 0.05) is 18.2 Å². The fraction of sp³-hybridized carbons (Fsp3) is 0.357. The molecule has 1 aliphatic rings. The minimum absolute atomic E-state index is 0.0867. The first-order chi connectivity index (χ1) is 9.31. The van der Waals surface area contributed by atoms with Crippen LogP contribution in [0.5, 0.6) is 5.75 Å². The van der Waals surface area contributed by atoms with Crippen LogP contribution in [0.3, 0.4) is 0 Å². The first kappa shape index (κ1) is 12.2. The van der Waals surface area contributed by atoms with Gasteiger partial charge in [0.1, 0.15) is 5.75 Å². The molecule has 2 heterocycles. The number of hydrogen-bond acceptors (Lipinski definition) is 4. The van der Waals surface area contributed by atoms with Crippen molar-refractivity contribution in [1.29, 1.82) is 0 Å². The first-order valence-corrected chi connectivity index (χ1v) is 6.41. The van der Waals surface area contributed by atoms with Gasteiger partial charge < -0.3 is 20.1 Å². The maximum atomic E-state index is 9.23. The summed E-state index contributed by atoms with van der Waals surface area (Å²) in [6.07, 6.45) is 4.37. The van der Waals surface area contributed by atoms with Crippen molar-refractivity contribution in [3.05, 3.63) is 48.0 Å². The molecule has 0 saturated carbocycles. The van der Waals surface area contributed by atoms with Gasteiger partial charge in [-0.15, -0.1) is 0 Å². The summed E-state index contributed by atoms with van der Waals surface area (Å²) in [6.45, 7) is 0.588. The molecule has 3 rings (SSSR count). The summed E-state index contributed by atoms with van der Waals surface area (Å²) in [5, 5.41) is 9.23. The van der Waals surface area contributed by atoms with Gasteiger partial charge in [-0.05, 0) is 6.07 Å². The Morgan fingerprint density at radius 1 is 1.47 bits per heavy atom. The Bertz CT molecular complexity index is 567. The molecule has 19 heavy (non-hydrogen) atoms. The van der Waals surface area contributed by atoms with Crippen molar-refractivity contribution in [1.82, 2.24) is 9.55 Å². The van der Waals surface area contributed by atoms with E-state index in [1.165, 1.54) is 0 Å². The van der Waals surface area contributed by atoms with E-state index in [0.717, 1.165) is 23.4 Å². The summed E-state index contributed by atoms with van der Waals surface area (Å²) in [5.74, 6) is 0.913. The highest BCUT2D eigenvalue weighted by Gasteiger charge is 2.25. The molecule has 5 nitrogen and oxygen atoms in total. The standard InChI is InChI=1S/C14H17N3O2/c15-11(8-18)13-7-16-9-17(13)12-5-6-19-14-4-2-1-3-10(12)14/h1-4,7,9,11-12,18H,5-6,8,15H2. The fourth-order valence-corrected chi connectivity index (χ4v) is 2.57. The number of benzene rings is 1. The molecular formula is C14H17N3O2. The van der Waals surface area contributed by atoms with Gasteiger partial charge in [0.2, 0.25) is 0 Å². The summed E-state index contributed by atoms with van der Waals surface area (Å²) in [6, 6.07) is 7.77. The van der Waals surface area contributed by atoms with Crippen molar-refractivity contribution in [2.75, 3.05) is 13.2 Å². The molecule has 2 aromatic rings. The largest absolute Gasteiger partial charge is 0.493 e. The van der Waals surface area contributed by atoms with Crippen LogP contribution in [-0.4, -0.2) is 27.9 Å². The smallest absolute Gasteiger partial charge is 0.124 e. The van der Waals surface area contributed by atoms with Gasteiger partial charge in [-0.25, -0.2) is 4.98 Å². The average Bonchev–Trinajstić information content (AvgIpc) is 2.95. The molecule has 3 N–H and O–H groups in total. The summed E-state index contributed by atoms with van der Waals surface area (Å²) >= 11 is 0. The number of para-hydroxylation sites is 1. The minimum Gasteiger partial charge on any atom is -0.493 e. The number of aliphatic hydroxyl groups excluding tert-OH is 1. The van der Waals surface area contributed by atoms with Crippen LogP contribution in [0.2, 0.25) is 0 Å². The molecule has 5 heteroatoms. The highest BCUT2D eigenvalue weighted by Crippen LogP contribution is 2.35. The van der Waals surface area contributed by atoms with E-state index >= 15 is 0 Å². The number of rotatable bonds is 3. The third-order valence-corrected chi connectivity index (χ3v) is 3.54. The van der Waals surface area contributed by atoms with Crippen LogP contribution in [0.4, 0.5) is 0 Å². The van der Waals surface area contributed by atoms with Crippen molar-refractivity contribution < 1.29 is 9.84 Å². The maximum absolute atomic E-state index is 9.23. The monoisotopic (exact) mass is 259 g/mol. The van der Waals surface area contributed by atoms with Crippen LogP contribution in [0.15, 0.2) is 36.8 Å². The second-order valence-corrected chi connectivity index (χ2v) is 4.71. The van der Waals surface area contributed by atoms with Crippen LogP contribution in [0.25, 0.3) is 0 Å². The number of hydrogen-bond donors (Lipinski definition) is 2. The average molecular weight is 259 g/mol. The molecule has 0 fully saturated rings. The number of imidazole rings is 1. The van der Waals surface area contributed by atoms with Gasteiger partial charge in [0.15, 0.2) is 0 Å². The Morgan fingerprint density at radius 2 is 2.32 bits per heavy atom. The van der Waals surface area contributed by atoms with Gasteiger partial charge in [-0.1, -0.05) is 18.2 Å². The fourth-order valence-electron chi connectivity index (χ4n) is 2.57. The Labute approximate surface area is 111 Å². The lowest BCUT2D eigenvalue weighted by molar-refractivity contribution is 0.243. The topological polar surface area (TPSA) is 73.3 Å². The Balaban J connectivity index is 2.02. The summed E-state index contributed by atoms with van der Waals surface area (Å²) in [4.78, 5) is 4.17. The number of aliphatic hydroxyl groups is 1. The Hall–Kier alpha value is -1.85. The second-order valence-electron chi connectivity index (χ2n) is 4.71. The second kappa shape index (κ2) is 5.03. The lowest BCUT2D eigenvalue weighted by Crippen LogP contribution is -2.25. The van der Waals surface area contributed by atoms with Gasteiger partial charge in [0.25, 0.3) is 0 Å². The third kappa shape index (κ3) is 2.11. The summed E-state index contributed by atoms with van der Waals surface area (Å²) in [5.41, 5.74) is 7.91. The molecule has 0 amide bonds. The van der Waals surface area contributed by atoms with E-state index in [4.69, 9.17) is 10.5 Å². The summed E-state index contributed by atoms with van der Waals surface area (Å²) in [7, 11) is 0. The predicted molar refractivity (Wildman–Crippen MR) is 70.9 cm³/mol. The molecule has 2 atom stereocenters. The first-order valence-electron chi connectivity index (χ1n) is 6.41. The van der Waals surface area contributed by atoms with Gasteiger partial charge in [-0.2, -0.15) is 0 Å². The van der Waals surface area contributed by atoms with E-state index in [0.29, 0.717) is 6.61 Å². The van der Waals surface area contributed by atoms with E-state index in [1.807, 2.05) is 22.8 Å². The van der Waals surface area contributed by atoms with Crippen molar-refractivity contribution >= 4 is 0 Å². The number of nitrogens with two attached hydrogens (primary N) is 1. The number of nitrogens with zero attached hydrogens (tertiary/aromatic N) is 2. The molecule has 0 aliphatic carbocycles. The van der Waals surface area contributed by atoms with E-state index in [2.05, 4.69) is 11.1 Å². The normalized spacial score (nSPS) is 19.6. The highest BCUT2D eigenvalue weighted by atomic mass is 16.5. The van der Waals surface area contributed by atoms with Crippen molar-refractivity contribution in [2.45, 2.75) is 18.5 Å². The van der Waals surface area contributed by atoms with E-state index in [1.54, 1.807) is 12.5 Å². The van der Waals surface area contributed by atoms with Crippen LogP contribution < -0.4 is 10.5 Å². The molecule has 1 aliphatic heterocycles.